The van der Waals surface area contributed by atoms with E-state index in [9.17, 15) is 4.79 Å². The number of carbonyl (C=O) groups is 1. The molecule has 1 rings (SSSR count). The molecule has 4 nitrogen and oxygen atoms in total. The maximum absolute atomic E-state index is 11.7. The Morgan fingerprint density at radius 2 is 2.29 bits per heavy atom. The molecule has 0 aromatic heterocycles. The van der Waals surface area contributed by atoms with Crippen LogP contribution in [0.1, 0.15) is 27.2 Å². The summed E-state index contributed by atoms with van der Waals surface area (Å²) in [5.41, 5.74) is 1.04. The normalized spacial score (nSPS) is 18.5. The van der Waals surface area contributed by atoms with Crippen molar-refractivity contribution in [1.82, 2.24) is 5.32 Å². The number of ether oxygens (including phenoxy) is 2. The number of carbonyl (C=O) groups excluding carboxylic acids is 1. The average Bonchev–Trinajstić information content (AvgIpc) is 2.28. The molecular weight excluding hydrogens is 218 g/mol. The van der Waals surface area contributed by atoms with Gasteiger partial charge < -0.3 is 14.8 Å². The van der Waals surface area contributed by atoms with Gasteiger partial charge in [-0.1, -0.05) is 26.8 Å². The maximum atomic E-state index is 11.7. The van der Waals surface area contributed by atoms with Crippen LogP contribution in [0.3, 0.4) is 0 Å². The quantitative estimate of drug-likeness (QED) is 0.598. The summed E-state index contributed by atoms with van der Waals surface area (Å²) in [5, 5.41) is 3.26. The first kappa shape index (κ1) is 14.2. The van der Waals surface area contributed by atoms with Crippen molar-refractivity contribution in [2.45, 2.75) is 33.2 Å². The second-order valence-corrected chi connectivity index (χ2v) is 5.41. The Morgan fingerprint density at radius 1 is 1.59 bits per heavy atom. The molecular formula is C13H23NO3. The van der Waals surface area contributed by atoms with E-state index in [0.717, 1.165) is 13.0 Å². The number of rotatable bonds is 4. The summed E-state index contributed by atoms with van der Waals surface area (Å²) in [4.78, 5) is 11.7. The Morgan fingerprint density at radius 3 is 2.76 bits per heavy atom. The van der Waals surface area contributed by atoms with Gasteiger partial charge in [-0.15, -0.1) is 0 Å². The van der Waals surface area contributed by atoms with E-state index in [1.54, 1.807) is 0 Å². The molecule has 98 valence electrons. The van der Waals surface area contributed by atoms with Crippen LogP contribution in [-0.4, -0.2) is 38.9 Å². The Balaban J connectivity index is 2.55. The number of hydrogen-bond acceptors (Lipinski definition) is 4. The Hall–Kier alpha value is -0.870. The van der Waals surface area contributed by atoms with Crippen LogP contribution in [0.4, 0.5) is 0 Å². The molecule has 0 spiro atoms. The molecule has 0 saturated carbocycles. The summed E-state index contributed by atoms with van der Waals surface area (Å²) in [6.45, 7) is 8.19. The molecule has 4 heteroatoms. The van der Waals surface area contributed by atoms with Crippen LogP contribution < -0.4 is 5.32 Å². The SMILES string of the molecule is COC(=O)[C@H](NCC1=CCCOC1)C(C)(C)C. The van der Waals surface area contributed by atoms with Crippen molar-refractivity contribution >= 4 is 5.97 Å². The molecule has 0 aromatic carbocycles. The van der Waals surface area contributed by atoms with Crippen molar-refractivity contribution in [3.05, 3.63) is 11.6 Å². The second kappa shape index (κ2) is 6.17. The van der Waals surface area contributed by atoms with Crippen LogP contribution in [0.5, 0.6) is 0 Å². The number of hydrogen-bond donors (Lipinski definition) is 1. The molecule has 0 fully saturated rings. The second-order valence-electron chi connectivity index (χ2n) is 5.41. The van der Waals surface area contributed by atoms with Crippen molar-refractivity contribution in [3.63, 3.8) is 0 Å². The summed E-state index contributed by atoms with van der Waals surface area (Å²) >= 11 is 0. The molecule has 1 heterocycles. The minimum Gasteiger partial charge on any atom is -0.468 e. The van der Waals surface area contributed by atoms with Gasteiger partial charge in [-0.2, -0.15) is 0 Å². The highest BCUT2D eigenvalue weighted by Gasteiger charge is 2.31. The van der Waals surface area contributed by atoms with Gasteiger partial charge in [0.05, 0.1) is 20.3 Å². The third-order valence-corrected chi connectivity index (χ3v) is 2.82. The van der Waals surface area contributed by atoms with E-state index in [-0.39, 0.29) is 17.4 Å². The molecule has 1 aliphatic heterocycles. The van der Waals surface area contributed by atoms with Crippen molar-refractivity contribution in [2.75, 3.05) is 26.9 Å². The van der Waals surface area contributed by atoms with Crippen LogP contribution in [0.25, 0.3) is 0 Å². The van der Waals surface area contributed by atoms with E-state index >= 15 is 0 Å². The summed E-state index contributed by atoms with van der Waals surface area (Å²) in [5.74, 6) is -0.213. The van der Waals surface area contributed by atoms with E-state index < -0.39 is 0 Å². The van der Waals surface area contributed by atoms with Crippen molar-refractivity contribution in [3.8, 4) is 0 Å². The summed E-state index contributed by atoms with van der Waals surface area (Å²) < 4.78 is 10.2. The van der Waals surface area contributed by atoms with Gasteiger partial charge in [-0.3, -0.25) is 4.79 Å². The molecule has 0 unspecified atom stereocenters. The Bertz CT molecular complexity index is 292. The highest BCUT2D eigenvalue weighted by molar-refractivity contribution is 5.76. The molecule has 1 aliphatic rings. The Kier molecular flexibility index (Phi) is 5.15. The van der Waals surface area contributed by atoms with Crippen LogP contribution in [-0.2, 0) is 14.3 Å². The molecule has 0 radical (unpaired) electrons. The van der Waals surface area contributed by atoms with E-state index in [2.05, 4.69) is 11.4 Å². The van der Waals surface area contributed by atoms with Crippen molar-refractivity contribution in [1.29, 1.82) is 0 Å². The molecule has 0 saturated heterocycles. The van der Waals surface area contributed by atoms with Gasteiger partial charge in [-0.25, -0.2) is 0 Å². The zero-order valence-electron chi connectivity index (χ0n) is 11.2. The topological polar surface area (TPSA) is 47.6 Å². The summed E-state index contributed by atoms with van der Waals surface area (Å²) in [6, 6.07) is -0.296. The van der Waals surface area contributed by atoms with Gasteiger partial charge in [0.25, 0.3) is 0 Å². The number of nitrogens with one attached hydrogen (secondary N) is 1. The summed E-state index contributed by atoms with van der Waals surface area (Å²) in [7, 11) is 1.42. The predicted octanol–water partition coefficient (Wildman–Crippen LogP) is 1.51. The number of esters is 1. The van der Waals surface area contributed by atoms with Crippen LogP contribution in [0.15, 0.2) is 11.6 Å². The van der Waals surface area contributed by atoms with Crippen molar-refractivity contribution in [2.24, 2.45) is 5.41 Å². The van der Waals surface area contributed by atoms with E-state index in [0.29, 0.717) is 13.2 Å². The summed E-state index contributed by atoms with van der Waals surface area (Å²) in [6.07, 6.45) is 3.13. The Labute approximate surface area is 103 Å². The molecule has 0 aromatic rings. The van der Waals surface area contributed by atoms with Gasteiger partial charge in [-0.05, 0) is 17.4 Å². The fourth-order valence-electron chi connectivity index (χ4n) is 1.83. The maximum Gasteiger partial charge on any atom is 0.323 e. The molecule has 17 heavy (non-hydrogen) atoms. The largest absolute Gasteiger partial charge is 0.468 e. The van der Waals surface area contributed by atoms with E-state index in [4.69, 9.17) is 9.47 Å². The zero-order chi connectivity index (χ0) is 12.9. The van der Waals surface area contributed by atoms with Gasteiger partial charge >= 0.3 is 5.97 Å². The van der Waals surface area contributed by atoms with E-state index in [1.165, 1.54) is 12.7 Å². The third kappa shape index (κ3) is 4.48. The lowest BCUT2D eigenvalue weighted by atomic mass is 9.86. The van der Waals surface area contributed by atoms with Gasteiger partial charge in [0.1, 0.15) is 6.04 Å². The van der Waals surface area contributed by atoms with Crippen LogP contribution in [0.2, 0.25) is 0 Å². The first-order chi connectivity index (χ1) is 7.95. The highest BCUT2D eigenvalue weighted by Crippen LogP contribution is 2.20. The highest BCUT2D eigenvalue weighted by atomic mass is 16.5. The molecule has 0 bridgehead atoms. The molecule has 0 amide bonds. The first-order valence-electron chi connectivity index (χ1n) is 6.02. The predicted molar refractivity (Wildman–Crippen MR) is 66.8 cm³/mol. The zero-order valence-corrected chi connectivity index (χ0v) is 11.2. The lowest BCUT2D eigenvalue weighted by Gasteiger charge is -2.29. The van der Waals surface area contributed by atoms with Gasteiger partial charge in [0.15, 0.2) is 0 Å². The fraction of sp³-hybridized carbons (Fsp3) is 0.769. The van der Waals surface area contributed by atoms with Crippen LogP contribution >= 0.6 is 0 Å². The van der Waals surface area contributed by atoms with Gasteiger partial charge in [0, 0.05) is 6.54 Å². The van der Waals surface area contributed by atoms with Gasteiger partial charge in [0.2, 0.25) is 0 Å². The third-order valence-electron chi connectivity index (χ3n) is 2.82. The first-order valence-corrected chi connectivity index (χ1v) is 6.02. The minimum absolute atomic E-state index is 0.164. The average molecular weight is 241 g/mol. The fourth-order valence-corrected chi connectivity index (χ4v) is 1.83. The minimum atomic E-state index is -0.296. The standard InChI is InChI=1S/C13H23NO3/c1-13(2,3)11(12(15)16-4)14-8-10-6-5-7-17-9-10/h6,11,14H,5,7-9H2,1-4H3/t11-/m0/s1. The lowest BCUT2D eigenvalue weighted by molar-refractivity contribution is -0.145. The molecule has 1 N–H and O–H groups in total. The van der Waals surface area contributed by atoms with Crippen LogP contribution in [0, 0.1) is 5.41 Å². The monoisotopic (exact) mass is 241 g/mol. The molecule has 1 atom stereocenters. The smallest absolute Gasteiger partial charge is 0.323 e. The van der Waals surface area contributed by atoms with E-state index in [1.807, 2.05) is 20.8 Å². The van der Waals surface area contributed by atoms with Crippen molar-refractivity contribution < 1.29 is 14.3 Å². The lowest BCUT2D eigenvalue weighted by Crippen LogP contribution is -2.48. The molecule has 0 aliphatic carbocycles. The number of methoxy groups -OCH3 is 1.